The van der Waals surface area contributed by atoms with E-state index in [-0.39, 0.29) is 0 Å². The van der Waals surface area contributed by atoms with E-state index >= 15 is 0 Å². The number of anilines is 1. The number of hydrogen-bond donors (Lipinski definition) is 1. The van der Waals surface area contributed by atoms with Gasteiger partial charge in [-0.25, -0.2) is 4.98 Å². The van der Waals surface area contributed by atoms with Crippen molar-refractivity contribution >= 4 is 16.6 Å². The number of hydrogen-bond acceptors (Lipinski definition) is 4. The number of nitrogens with zero attached hydrogens (tertiary/aromatic N) is 3. The molecule has 0 aliphatic heterocycles. The molecule has 0 atom stereocenters. The molecule has 162 valence electrons. The molecular weight excluding hydrogens is 404 g/mol. The van der Waals surface area contributed by atoms with Gasteiger partial charge in [-0.15, -0.1) is 0 Å². The lowest BCUT2D eigenvalue weighted by molar-refractivity contribution is 1.11. The van der Waals surface area contributed by atoms with Crippen molar-refractivity contribution in [1.82, 2.24) is 15.0 Å². The van der Waals surface area contributed by atoms with Gasteiger partial charge in [0.1, 0.15) is 5.82 Å². The Morgan fingerprint density at radius 1 is 0.758 bits per heavy atom. The smallest absolute Gasteiger partial charge is 0.135 e. The van der Waals surface area contributed by atoms with Gasteiger partial charge >= 0.3 is 0 Å². The highest BCUT2D eigenvalue weighted by Crippen LogP contribution is 2.27. The number of aryl methyl sites for hydroxylation is 3. The maximum Gasteiger partial charge on any atom is 0.135 e. The molecule has 0 amide bonds. The Bertz CT molecular complexity index is 1460. The average molecular weight is 431 g/mol. The Balaban J connectivity index is 1.38. The van der Waals surface area contributed by atoms with Gasteiger partial charge in [-0.3, -0.25) is 9.97 Å². The molecule has 2 aromatic carbocycles. The number of benzene rings is 2. The standard InChI is InChI=1S/C29H26N4/c1-19-5-4-6-23(13-19)26-8-7-22(14-20(26)2)17-33-29-27-18-32-28(16-24(27)9-12-31-29)25-10-11-30-21(3)15-25/h4-16,18H,17H2,1-3H3,(H,31,33). The number of nitrogens with one attached hydrogen (secondary N) is 1. The fraction of sp³-hybridized carbons (Fsp3) is 0.138. The fourth-order valence-corrected chi connectivity index (χ4v) is 4.23. The first kappa shape index (κ1) is 20.8. The summed E-state index contributed by atoms with van der Waals surface area (Å²) in [5, 5.41) is 5.63. The van der Waals surface area contributed by atoms with Crippen molar-refractivity contribution in [2.24, 2.45) is 0 Å². The van der Waals surface area contributed by atoms with Crippen LogP contribution in [-0.2, 0) is 6.54 Å². The first-order valence-electron chi connectivity index (χ1n) is 11.1. The third-order valence-electron chi connectivity index (χ3n) is 5.92. The number of fused-ring (bicyclic) bond motifs is 1. The lowest BCUT2D eigenvalue weighted by Crippen LogP contribution is -2.03. The van der Waals surface area contributed by atoms with Crippen molar-refractivity contribution in [2.45, 2.75) is 27.3 Å². The van der Waals surface area contributed by atoms with Crippen molar-refractivity contribution in [3.8, 4) is 22.4 Å². The Morgan fingerprint density at radius 2 is 1.64 bits per heavy atom. The Kier molecular flexibility index (Phi) is 5.57. The lowest BCUT2D eigenvalue weighted by atomic mass is 9.97. The molecule has 0 unspecified atom stereocenters. The van der Waals surface area contributed by atoms with Gasteiger partial charge in [0.15, 0.2) is 0 Å². The Morgan fingerprint density at radius 3 is 2.45 bits per heavy atom. The van der Waals surface area contributed by atoms with Crippen LogP contribution in [0.4, 0.5) is 5.82 Å². The fourth-order valence-electron chi connectivity index (χ4n) is 4.23. The van der Waals surface area contributed by atoms with E-state index in [0.717, 1.165) is 33.5 Å². The van der Waals surface area contributed by atoms with Crippen LogP contribution >= 0.6 is 0 Å². The summed E-state index contributed by atoms with van der Waals surface area (Å²) in [7, 11) is 0. The zero-order valence-corrected chi connectivity index (χ0v) is 19.1. The van der Waals surface area contributed by atoms with E-state index in [9.17, 15) is 0 Å². The molecule has 5 rings (SSSR count). The zero-order valence-electron chi connectivity index (χ0n) is 19.1. The van der Waals surface area contributed by atoms with E-state index in [1.54, 1.807) is 0 Å². The number of aromatic nitrogens is 3. The third kappa shape index (κ3) is 4.46. The average Bonchev–Trinajstić information content (AvgIpc) is 2.82. The van der Waals surface area contributed by atoms with Crippen LogP contribution in [0, 0.1) is 20.8 Å². The molecular formula is C29H26N4. The molecule has 0 bridgehead atoms. The maximum atomic E-state index is 4.69. The van der Waals surface area contributed by atoms with E-state index in [0.29, 0.717) is 6.54 Å². The molecule has 3 aromatic heterocycles. The molecule has 33 heavy (non-hydrogen) atoms. The van der Waals surface area contributed by atoms with Gasteiger partial charge in [-0.05, 0) is 72.7 Å². The largest absolute Gasteiger partial charge is 0.365 e. The number of rotatable bonds is 5. The molecule has 0 spiro atoms. The van der Waals surface area contributed by atoms with Crippen molar-refractivity contribution in [1.29, 1.82) is 0 Å². The highest BCUT2D eigenvalue weighted by molar-refractivity contribution is 5.93. The lowest BCUT2D eigenvalue weighted by Gasteiger charge is -2.12. The predicted octanol–water partition coefficient (Wildman–Crippen LogP) is 6.90. The third-order valence-corrected chi connectivity index (χ3v) is 5.92. The molecule has 0 saturated heterocycles. The van der Waals surface area contributed by atoms with Gasteiger partial charge in [0, 0.05) is 41.8 Å². The van der Waals surface area contributed by atoms with Crippen molar-refractivity contribution < 1.29 is 0 Å². The van der Waals surface area contributed by atoms with Gasteiger partial charge in [-0.2, -0.15) is 0 Å². The van der Waals surface area contributed by atoms with Gasteiger partial charge in [0.2, 0.25) is 0 Å². The van der Waals surface area contributed by atoms with Crippen LogP contribution in [0.2, 0.25) is 0 Å². The summed E-state index contributed by atoms with van der Waals surface area (Å²) >= 11 is 0. The first-order chi connectivity index (χ1) is 16.1. The van der Waals surface area contributed by atoms with E-state index in [1.807, 2.05) is 37.6 Å². The van der Waals surface area contributed by atoms with Crippen LogP contribution < -0.4 is 5.32 Å². The van der Waals surface area contributed by atoms with Crippen LogP contribution in [0.25, 0.3) is 33.2 Å². The van der Waals surface area contributed by atoms with E-state index in [4.69, 9.17) is 4.98 Å². The Hall–Kier alpha value is -4.05. The molecule has 0 saturated carbocycles. The monoisotopic (exact) mass is 430 g/mol. The molecule has 1 N–H and O–H groups in total. The van der Waals surface area contributed by atoms with Gasteiger partial charge < -0.3 is 5.32 Å². The van der Waals surface area contributed by atoms with E-state index in [2.05, 4.69) is 83.7 Å². The van der Waals surface area contributed by atoms with Crippen LogP contribution in [-0.4, -0.2) is 15.0 Å². The van der Waals surface area contributed by atoms with Crippen LogP contribution in [0.1, 0.15) is 22.4 Å². The van der Waals surface area contributed by atoms with Crippen LogP contribution in [0.3, 0.4) is 0 Å². The minimum atomic E-state index is 0.701. The highest BCUT2D eigenvalue weighted by atomic mass is 15.0. The summed E-state index contributed by atoms with van der Waals surface area (Å²) in [6, 6.07) is 23.5. The van der Waals surface area contributed by atoms with Crippen LogP contribution in [0.15, 0.2) is 85.3 Å². The first-order valence-corrected chi connectivity index (χ1v) is 11.1. The molecule has 0 aliphatic carbocycles. The van der Waals surface area contributed by atoms with E-state index in [1.165, 1.54) is 27.8 Å². The van der Waals surface area contributed by atoms with Gasteiger partial charge in [0.25, 0.3) is 0 Å². The Labute approximate surface area is 194 Å². The summed E-state index contributed by atoms with van der Waals surface area (Å²) in [4.78, 5) is 13.5. The molecule has 3 heterocycles. The minimum absolute atomic E-state index is 0.701. The summed E-state index contributed by atoms with van der Waals surface area (Å²) in [5.74, 6) is 0.845. The summed E-state index contributed by atoms with van der Waals surface area (Å²) in [6.07, 6.45) is 5.57. The summed E-state index contributed by atoms with van der Waals surface area (Å²) in [5.41, 5.74) is 9.28. The quantitative estimate of drug-likeness (QED) is 0.330. The molecule has 4 nitrogen and oxygen atoms in total. The molecule has 4 heteroatoms. The second kappa shape index (κ2) is 8.83. The topological polar surface area (TPSA) is 50.7 Å². The van der Waals surface area contributed by atoms with Crippen molar-refractivity contribution in [2.75, 3.05) is 5.32 Å². The second-order valence-corrected chi connectivity index (χ2v) is 8.51. The second-order valence-electron chi connectivity index (χ2n) is 8.51. The molecule has 0 aliphatic rings. The van der Waals surface area contributed by atoms with Gasteiger partial charge in [0.05, 0.1) is 5.69 Å². The highest BCUT2D eigenvalue weighted by Gasteiger charge is 2.08. The van der Waals surface area contributed by atoms with Crippen molar-refractivity contribution in [3.63, 3.8) is 0 Å². The predicted molar refractivity (Wildman–Crippen MR) is 136 cm³/mol. The normalized spacial score (nSPS) is 11.0. The van der Waals surface area contributed by atoms with Crippen molar-refractivity contribution in [3.05, 3.63) is 108 Å². The van der Waals surface area contributed by atoms with E-state index < -0.39 is 0 Å². The summed E-state index contributed by atoms with van der Waals surface area (Å²) < 4.78 is 0. The maximum absolute atomic E-state index is 4.69. The number of pyridine rings is 3. The van der Waals surface area contributed by atoms with Crippen LogP contribution in [0.5, 0.6) is 0 Å². The molecule has 0 radical (unpaired) electrons. The minimum Gasteiger partial charge on any atom is -0.365 e. The summed E-state index contributed by atoms with van der Waals surface area (Å²) in [6.45, 7) is 6.99. The van der Waals surface area contributed by atoms with Gasteiger partial charge in [-0.1, -0.05) is 48.0 Å². The molecule has 5 aromatic rings. The zero-order chi connectivity index (χ0) is 22.8. The molecule has 0 fully saturated rings. The SMILES string of the molecule is Cc1cccc(-c2ccc(CNc3nccc4cc(-c5ccnc(C)c5)ncc34)cc2C)c1.